The fraction of sp³-hybridized carbons (Fsp3) is 0.100. The molecule has 7 heteroatoms. The van der Waals surface area contributed by atoms with Crippen LogP contribution in [-0.4, -0.2) is 14.8 Å². The van der Waals surface area contributed by atoms with Crippen molar-refractivity contribution in [3.05, 3.63) is 39.3 Å². The van der Waals surface area contributed by atoms with Gasteiger partial charge in [-0.25, -0.2) is 9.89 Å². The lowest BCUT2D eigenvalue weighted by atomic mass is 10.2. The van der Waals surface area contributed by atoms with Gasteiger partial charge in [0, 0.05) is 11.9 Å². The Labute approximate surface area is 106 Å². The van der Waals surface area contributed by atoms with E-state index in [4.69, 9.17) is 16.9 Å². The molecule has 1 aromatic heterocycles. The van der Waals surface area contributed by atoms with Gasteiger partial charge in [0.15, 0.2) is 5.16 Å². The second-order valence-electron chi connectivity index (χ2n) is 3.23. The Hall–Kier alpha value is -1.71. The predicted molar refractivity (Wildman–Crippen MR) is 64.1 cm³/mol. The Balaban J connectivity index is 2.32. The third-order valence-corrected chi connectivity index (χ3v) is 3.46. The third kappa shape index (κ3) is 2.35. The summed E-state index contributed by atoms with van der Waals surface area (Å²) in [5, 5.41) is 15.9. The number of aromatic amines is 1. The molecule has 0 aliphatic carbocycles. The number of benzene rings is 1. The SMILES string of the molecule is Cn1c(Sc2ccc(C#N)c(Cl)c2)n[nH]c1=O. The normalized spacial score (nSPS) is 10.2. The molecule has 1 N–H and O–H groups in total. The maximum absolute atomic E-state index is 11.2. The highest BCUT2D eigenvalue weighted by molar-refractivity contribution is 7.99. The van der Waals surface area contributed by atoms with Crippen molar-refractivity contribution < 1.29 is 0 Å². The Morgan fingerprint density at radius 3 is 2.88 bits per heavy atom. The van der Waals surface area contributed by atoms with Crippen molar-refractivity contribution in [2.75, 3.05) is 0 Å². The van der Waals surface area contributed by atoms with E-state index >= 15 is 0 Å². The fourth-order valence-corrected chi connectivity index (χ4v) is 2.30. The lowest BCUT2D eigenvalue weighted by Crippen LogP contribution is -2.12. The molecule has 0 spiro atoms. The van der Waals surface area contributed by atoms with Gasteiger partial charge in [-0.3, -0.25) is 4.57 Å². The van der Waals surface area contributed by atoms with Crippen LogP contribution >= 0.6 is 23.4 Å². The number of nitrogens with one attached hydrogen (secondary N) is 1. The van der Waals surface area contributed by atoms with E-state index in [2.05, 4.69) is 10.2 Å². The average Bonchev–Trinajstić information content (AvgIpc) is 2.61. The highest BCUT2D eigenvalue weighted by Crippen LogP contribution is 2.28. The molecule has 0 saturated carbocycles. The van der Waals surface area contributed by atoms with Gasteiger partial charge in [0.1, 0.15) is 6.07 Å². The molecule has 2 aromatic rings. The van der Waals surface area contributed by atoms with E-state index in [9.17, 15) is 4.79 Å². The van der Waals surface area contributed by atoms with Gasteiger partial charge in [-0.15, -0.1) is 5.10 Å². The van der Waals surface area contributed by atoms with Crippen molar-refractivity contribution in [2.24, 2.45) is 7.05 Å². The summed E-state index contributed by atoms with van der Waals surface area (Å²) in [4.78, 5) is 12.0. The van der Waals surface area contributed by atoms with Gasteiger partial charge in [0.2, 0.25) is 0 Å². The predicted octanol–water partition coefficient (Wildman–Crippen LogP) is 1.78. The zero-order valence-corrected chi connectivity index (χ0v) is 10.3. The standard InChI is InChI=1S/C10H7ClN4OS/c1-15-9(16)13-14-10(15)17-7-3-2-6(5-12)8(11)4-7/h2-4H,1H3,(H,13,16). The zero-order chi connectivity index (χ0) is 12.4. The highest BCUT2D eigenvalue weighted by atomic mass is 35.5. The lowest BCUT2D eigenvalue weighted by molar-refractivity contribution is 0.766. The minimum absolute atomic E-state index is 0.271. The smallest absolute Gasteiger partial charge is 0.273 e. The van der Waals surface area contributed by atoms with E-state index < -0.39 is 0 Å². The highest BCUT2D eigenvalue weighted by Gasteiger charge is 2.08. The molecule has 86 valence electrons. The first-order chi connectivity index (χ1) is 8.11. The molecular weight excluding hydrogens is 260 g/mol. The second-order valence-corrected chi connectivity index (χ2v) is 4.67. The van der Waals surface area contributed by atoms with Gasteiger partial charge >= 0.3 is 5.69 Å². The molecule has 1 heterocycles. The molecule has 17 heavy (non-hydrogen) atoms. The molecule has 0 saturated heterocycles. The van der Waals surface area contributed by atoms with Gasteiger partial charge in [-0.05, 0) is 30.0 Å². The molecule has 1 aromatic carbocycles. The molecule has 0 fully saturated rings. The summed E-state index contributed by atoms with van der Waals surface area (Å²) in [6.07, 6.45) is 0. The van der Waals surface area contributed by atoms with Crippen LogP contribution in [0.25, 0.3) is 0 Å². The molecule has 0 atom stereocenters. The van der Waals surface area contributed by atoms with Crippen LogP contribution in [0.3, 0.4) is 0 Å². The quantitative estimate of drug-likeness (QED) is 0.899. The zero-order valence-electron chi connectivity index (χ0n) is 8.77. The number of rotatable bonds is 2. The molecule has 2 rings (SSSR count). The molecule has 0 radical (unpaired) electrons. The third-order valence-electron chi connectivity index (χ3n) is 2.11. The first-order valence-electron chi connectivity index (χ1n) is 4.60. The lowest BCUT2D eigenvalue weighted by Gasteiger charge is -2.01. The number of halogens is 1. The number of nitriles is 1. The van der Waals surface area contributed by atoms with Crippen molar-refractivity contribution in [1.29, 1.82) is 5.26 Å². The van der Waals surface area contributed by atoms with Crippen molar-refractivity contribution >= 4 is 23.4 Å². The van der Waals surface area contributed by atoms with Gasteiger partial charge in [-0.1, -0.05) is 11.6 Å². The average molecular weight is 267 g/mol. The van der Waals surface area contributed by atoms with Crippen molar-refractivity contribution in [2.45, 2.75) is 10.1 Å². The Bertz CT molecular complexity index is 655. The van der Waals surface area contributed by atoms with Gasteiger partial charge in [0.05, 0.1) is 10.6 Å². The van der Waals surface area contributed by atoms with Crippen LogP contribution in [0.2, 0.25) is 5.02 Å². The van der Waals surface area contributed by atoms with E-state index in [-0.39, 0.29) is 5.69 Å². The largest absolute Gasteiger partial charge is 0.343 e. The maximum atomic E-state index is 11.2. The molecule has 0 bridgehead atoms. The summed E-state index contributed by atoms with van der Waals surface area (Å²) < 4.78 is 1.40. The number of H-pyrrole nitrogens is 1. The van der Waals surface area contributed by atoms with Crippen LogP contribution in [0.4, 0.5) is 0 Å². The topological polar surface area (TPSA) is 74.5 Å². The summed E-state index contributed by atoms with van der Waals surface area (Å²) in [6.45, 7) is 0. The number of aromatic nitrogens is 3. The summed E-state index contributed by atoms with van der Waals surface area (Å²) in [5.74, 6) is 0. The maximum Gasteiger partial charge on any atom is 0.343 e. The minimum Gasteiger partial charge on any atom is -0.273 e. The fourth-order valence-electron chi connectivity index (χ4n) is 1.18. The molecule has 0 amide bonds. The number of hydrogen-bond donors (Lipinski definition) is 1. The van der Waals surface area contributed by atoms with Crippen LogP contribution in [-0.2, 0) is 7.05 Å². The summed E-state index contributed by atoms with van der Waals surface area (Å²) in [5.41, 5.74) is 0.152. The monoisotopic (exact) mass is 266 g/mol. The number of nitrogens with zero attached hydrogens (tertiary/aromatic N) is 3. The van der Waals surface area contributed by atoms with Gasteiger partial charge in [-0.2, -0.15) is 5.26 Å². The first kappa shape index (κ1) is 11.8. The van der Waals surface area contributed by atoms with E-state index in [0.29, 0.717) is 15.7 Å². The van der Waals surface area contributed by atoms with E-state index in [1.807, 2.05) is 6.07 Å². The number of hydrogen-bond acceptors (Lipinski definition) is 4. The Morgan fingerprint density at radius 2 is 2.35 bits per heavy atom. The molecule has 0 unspecified atom stereocenters. The summed E-state index contributed by atoms with van der Waals surface area (Å²) >= 11 is 7.20. The van der Waals surface area contributed by atoms with Gasteiger partial charge in [0.25, 0.3) is 0 Å². The van der Waals surface area contributed by atoms with Crippen LogP contribution in [0.15, 0.2) is 33.0 Å². The van der Waals surface area contributed by atoms with Crippen LogP contribution < -0.4 is 5.69 Å². The van der Waals surface area contributed by atoms with Crippen molar-refractivity contribution in [3.8, 4) is 6.07 Å². The summed E-state index contributed by atoms with van der Waals surface area (Å²) in [7, 11) is 1.62. The molecule has 0 aliphatic rings. The Kier molecular flexibility index (Phi) is 3.22. The van der Waals surface area contributed by atoms with Crippen LogP contribution in [0.5, 0.6) is 0 Å². The van der Waals surface area contributed by atoms with Crippen molar-refractivity contribution in [1.82, 2.24) is 14.8 Å². The minimum atomic E-state index is -0.271. The second kappa shape index (κ2) is 4.65. The van der Waals surface area contributed by atoms with E-state index in [0.717, 1.165) is 4.90 Å². The van der Waals surface area contributed by atoms with Gasteiger partial charge < -0.3 is 0 Å². The van der Waals surface area contributed by atoms with E-state index in [1.54, 1.807) is 25.2 Å². The van der Waals surface area contributed by atoms with Crippen LogP contribution in [0.1, 0.15) is 5.56 Å². The molecule has 5 nitrogen and oxygen atoms in total. The van der Waals surface area contributed by atoms with Crippen LogP contribution in [0, 0.1) is 11.3 Å². The molecule has 0 aliphatic heterocycles. The van der Waals surface area contributed by atoms with E-state index in [1.165, 1.54) is 16.3 Å². The summed E-state index contributed by atoms with van der Waals surface area (Å²) in [6, 6.07) is 7.05. The molecular formula is C10H7ClN4OS. The van der Waals surface area contributed by atoms with Crippen molar-refractivity contribution in [3.63, 3.8) is 0 Å². The first-order valence-corrected chi connectivity index (χ1v) is 5.80. The Morgan fingerprint density at radius 1 is 1.59 bits per heavy atom.